The van der Waals surface area contributed by atoms with Crippen LogP contribution in [0.5, 0.6) is 0 Å². The minimum absolute atomic E-state index is 0.116. The third kappa shape index (κ3) is 4.64. The topological polar surface area (TPSA) is 68.3 Å². The van der Waals surface area contributed by atoms with Gasteiger partial charge in [0.1, 0.15) is 0 Å². The molecule has 0 saturated heterocycles. The molecule has 0 heterocycles. The van der Waals surface area contributed by atoms with Crippen LogP contribution in [0.15, 0.2) is 82.6 Å². The molecule has 0 radical (unpaired) electrons. The van der Waals surface area contributed by atoms with Crippen LogP contribution in [0, 0.1) is 6.92 Å². The summed E-state index contributed by atoms with van der Waals surface area (Å²) in [5, 5.41) is 0. The van der Waals surface area contributed by atoms with Gasteiger partial charge >= 0.3 is 0 Å². The molecule has 140 valence electrons. The van der Waals surface area contributed by atoms with E-state index in [1.807, 2.05) is 31.2 Å². The number of aryl methyl sites for hydroxylation is 1. The van der Waals surface area contributed by atoms with E-state index in [9.17, 15) is 16.8 Å². The number of rotatable bonds is 5. The standard InChI is InChI=1S/C21H20O4S2/c1-16-5-3-7-19(13-16)18-9-11-20(12-10-18)27(24,25)15-17-6-4-8-21(14-17)26(2,22)23/h3-14H,15H2,1-2H3. The third-order valence-corrected chi connectivity index (χ3v) is 7.06. The lowest BCUT2D eigenvalue weighted by molar-refractivity contribution is 0.594. The van der Waals surface area contributed by atoms with Gasteiger partial charge in [-0.3, -0.25) is 0 Å². The highest BCUT2D eigenvalue weighted by Crippen LogP contribution is 2.24. The van der Waals surface area contributed by atoms with Gasteiger partial charge in [-0.25, -0.2) is 16.8 Å². The van der Waals surface area contributed by atoms with E-state index < -0.39 is 19.7 Å². The van der Waals surface area contributed by atoms with Crippen LogP contribution in [-0.2, 0) is 25.4 Å². The molecule has 0 saturated carbocycles. The Morgan fingerprint density at radius 2 is 1.37 bits per heavy atom. The molecule has 4 nitrogen and oxygen atoms in total. The van der Waals surface area contributed by atoms with Gasteiger partial charge in [-0.2, -0.15) is 0 Å². The molecule has 3 aromatic carbocycles. The Hall–Kier alpha value is -2.44. The first-order chi connectivity index (χ1) is 12.6. The van der Waals surface area contributed by atoms with Gasteiger partial charge in [0, 0.05) is 6.26 Å². The van der Waals surface area contributed by atoms with Gasteiger partial charge < -0.3 is 0 Å². The van der Waals surface area contributed by atoms with Gasteiger partial charge in [0.2, 0.25) is 0 Å². The van der Waals surface area contributed by atoms with Crippen LogP contribution in [-0.4, -0.2) is 23.1 Å². The van der Waals surface area contributed by atoms with Gasteiger partial charge in [-0.1, -0.05) is 54.1 Å². The van der Waals surface area contributed by atoms with E-state index in [0.29, 0.717) is 5.56 Å². The number of benzene rings is 3. The van der Waals surface area contributed by atoms with Gasteiger partial charge in [-0.05, 0) is 47.9 Å². The van der Waals surface area contributed by atoms with Crippen LogP contribution in [0.2, 0.25) is 0 Å². The summed E-state index contributed by atoms with van der Waals surface area (Å²) in [7, 11) is -6.96. The van der Waals surface area contributed by atoms with Crippen LogP contribution in [0.3, 0.4) is 0 Å². The molecule has 0 atom stereocenters. The molecule has 0 aliphatic rings. The fourth-order valence-electron chi connectivity index (χ4n) is 2.85. The van der Waals surface area contributed by atoms with E-state index in [-0.39, 0.29) is 15.5 Å². The summed E-state index contributed by atoms with van der Waals surface area (Å²) >= 11 is 0. The Bertz CT molecular complexity index is 1180. The molecule has 3 aromatic rings. The molecule has 3 rings (SSSR count). The van der Waals surface area contributed by atoms with Crippen molar-refractivity contribution in [3.05, 3.63) is 83.9 Å². The lowest BCUT2D eigenvalue weighted by atomic mass is 10.0. The van der Waals surface area contributed by atoms with Gasteiger partial charge in [0.25, 0.3) is 0 Å². The van der Waals surface area contributed by atoms with E-state index >= 15 is 0 Å². The molecule has 0 N–H and O–H groups in total. The van der Waals surface area contributed by atoms with Crippen LogP contribution < -0.4 is 0 Å². The maximum absolute atomic E-state index is 12.7. The van der Waals surface area contributed by atoms with Gasteiger partial charge in [0.15, 0.2) is 19.7 Å². The van der Waals surface area contributed by atoms with E-state index in [4.69, 9.17) is 0 Å². The number of hydrogen-bond acceptors (Lipinski definition) is 4. The third-order valence-electron chi connectivity index (χ3n) is 4.25. The molecule has 0 unspecified atom stereocenters. The highest BCUT2D eigenvalue weighted by atomic mass is 32.2. The van der Waals surface area contributed by atoms with Crippen molar-refractivity contribution in [2.45, 2.75) is 22.5 Å². The lowest BCUT2D eigenvalue weighted by Gasteiger charge is -2.08. The normalized spacial score (nSPS) is 12.1. The molecule has 0 fully saturated rings. The number of hydrogen-bond donors (Lipinski definition) is 0. The van der Waals surface area contributed by atoms with Crippen molar-refractivity contribution in [2.24, 2.45) is 0 Å². The van der Waals surface area contributed by atoms with Crippen molar-refractivity contribution in [2.75, 3.05) is 6.26 Å². The van der Waals surface area contributed by atoms with Crippen LogP contribution in [0.25, 0.3) is 11.1 Å². The van der Waals surface area contributed by atoms with E-state index in [0.717, 1.165) is 22.9 Å². The van der Waals surface area contributed by atoms with Crippen LogP contribution in [0.1, 0.15) is 11.1 Å². The Morgan fingerprint density at radius 1 is 0.704 bits per heavy atom. The Morgan fingerprint density at radius 3 is 2.00 bits per heavy atom. The van der Waals surface area contributed by atoms with Crippen molar-refractivity contribution in [3.63, 3.8) is 0 Å². The molecule has 0 aliphatic heterocycles. The average molecular weight is 401 g/mol. The molecule has 0 aliphatic carbocycles. The summed E-state index contributed by atoms with van der Waals surface area (Å²) in [6.45, 7) is 2.01. The smallest absolute Gasteiger partial charge is 0.182 e. The summed E-state index contributed by atoms with van der Waals surface area (Å²) in [5.41, 5.74) is 3.55. The fourth-order valence-corrected chi connectivity index (χ4v) is 4.88. The average Bonchev–Trinajstić information content (AvgIpc) is 2.61. The SMILES string of the molecule is Cc1cccc(-c2ccc(S(=O)(=O)Cc3cccc(S(C)(=O)=O)c3)cc2)c1. The van der Waals surface area contributed by atoms with E-state index in [2.05, 4.69) is 0 Å². The first kappa shape index (κ1) is 19.3. The van der Waals surface area contributed by atoms with Crippen molar-refractivity contribution in [1.29, 1.82) is 0 Å². The highest BCUT2D eigenvalue weighted by molar-refractivity contribution is 7.91. The second-order valence-corrected chi connectivity index (χ2v) is 10.6. The second-order valence-electron chi connectivity index (χ2n) is 6.57. The largest absolute Gasteiger partial charge is 0.224 e. The van der Waals surface area contributed by atoms with E-state index in [1.54, 1.807) is 36.4 Å². The Kier molecular flexibility index (Phi) is 5.22. The molecule has 27 heavy (non-hydrogen) atoms. The highest BCUT2D eigenvalue weighted by Gasteiger charge is 2.17. The zero-order valence-corrected chi connectivity index (χ0v) is 16.7. The fraction of sp³-hybridized carbons (Fsp3) is 0.143. The minimum Gasteiger partial charge on any atom is -0.224 e. The predicted octanol–water partition coefficient (Wildman–Crippen LogP) is 4.04. The summed E-state index contributed by atoms with van der Waals surface area (Å²) in [6, 6.07) is 20.8. The number of sulfone groups is 2. The Labute approximate surface area is 160 Å². The zero-order chi connectivity index (χ0) is 19.7. The molecule has 6 heteroatoms. The summed E-state index contributed by atoms with van der Waals surface area (Å²) in [6.07, 6.45) is 1.10. The summed E-state index contributed by atoms with van der Waals surface area (Å²) in [5.74, 6) is -0.250. The molecule has 0 spiro atoms. The predicted molar refractivity (Wildman–Crippen MR) is 107 cm³/mol. The second kappa shape index (κ2) is 7.29. The quantitative estimate of drug-likeness (QED) is 0.648. The van der Waals surface area contributed by atoms with Crippen LogP contribution in [0.4, 0.5) is 0 Å². The van der Waals surface area contributed by atoms with Crippen molar-refractivity contribution >= 4 is 19.7 Å². The zero-order valence-electron chi connectivity index (χ0n) is 15.1. The Balaban J connectivity index is 1.87. The maximum atomic E-state index is 12.7. The van der Waals surface area contributed by atoms with Crippen molar-refractivity contribution < 1.29 is 16.8 Å². The summed E-state index contributed by atoms with van der Waals surface area (Å²) < 4.78 is 48.8. The summed E-state index contributed by atoms with van der Waals surface area (Å²) in [4.78, 5) is 0.327. The van der Waals surface area contributed by atoms with Crippen molar-refractivity contribution in [1.82, 2.24) is 0 Å². The maximum Gasteiger partial charge on any atom is 0.182 e. The first-order valence-electron chi connectivity index (χ1n) is 8.34. The van der Waals surface area contributed by atoms with E-state index in [1.165, 1.54) is 12.1 Å². The minimum atomic E-state index is -3.58. The van der Waals surface area contributed by atoms with Crippen molar-refractivity contribution in [3.8, 4) is 11.1 Å². The monoisotopic (exact) mass is 400 g/mol. The molecule has 0 amide bonds. The lowest BCUT2D eigenvalue weighted by Crippen LogP contribution is -2.06. The molecular formula is C21H20O4S2. The molecular weight excluding hydrogens is 380 g/mol. The van der Waals surface area contributed by atoms with Gasteiger partial charge in [-0.15, -0.1) is 0 Å². The van der Waals surface area contributed by atoms with Gasteiger partial charge in [0.05, 0.1) is 15.5 Å². The first-order valence-corrected chi connectivity index (χ1v) is 11.9. The van der Waals surface area contributed by atoms with Crippen LogP contribution >= 0.6 is 0 Å². The molecule has 0 bridgehead atoms. The molecule has 0 aromatic heterocycles.